The molecular formula is C26H40O6. The van der Waals surface area contributed by atoms with E-state index in [4.69, 9.17) is 9.47 Å². The highest BCUT2D eigenvalue weighted by molar-refractivity contribution is 5.43. The number of benzene rings is 1. The third kappa shape index (κ3) is 3.59. The maximum atomic E-state index is 10.9. The summed E-state index contributed by atoms with van der Waals surface area (Å²) in [5.41, 5.74) is 3.13. The molecule has 4 rings (SSSR count). The van der Waals surface area contributed by atoms with Crippen molar-refractivity contribution in [1.29, 1.82) is 0 Å². The molecule has 1 aliphatic heterocycles. The molecule has 4 N–H and O–H groups in total. The number of rotatable bonds is 4. The van der Waals surface area contributed by atoms with Crippen LogP contribution in [0.2, 0.25) is 0 Å². The lowest BCUT2D eigenvalue weighted by Gasteiger charge is -2.54. The van der Waals surface area contributed by atoms with Crippen LogP contribution in [0.25, 0.3) is 0 Å². The van der Waals surface area contributed by atoms with Crippen LogP contribution in [0.4, 0.5) is 0 Å². The molecule has 1 aromatic carbocycles. The van der Waals surface area contributed by atoms with Gasteiger partial charge in [0.1, 0.15) is 30.2 Å². The van der Waals surface area contributed by atoms with Crippen LogP contribution in [0.1, 0.15) is 71.4 Å². The van der Waals surface area contributed by atoms with E-state index in [9.17, 15) is 20.4 Å². The second-order valence-electron chi connectivity index (χ2n) is 11.4. The topological polar surface area (TPSA) is 99.4 Å². The van der Waals surface area contributed by atoms with E-state index in [1.54, 1.807) is 0 Å². The fraction of sp³-hybridized carbons (Fsp3) is 0.769. The average Bonchev–Trinajstić information content (AvgIpc) is 2.73. The van der Waals surface area contributed by atoms with Crippen LogP contribution in [0, 0.1) is 17.3 Å². The minimum Gasteiger partial charge on any atom is -0.459 e. The van der Waals surface area contributed by atoms with Gasteiger partial charge in [0.15, 0.2) is 0 Å². The van der Waals surface area contributed by atoms with Crippen molar-refractivity contribution in [2.75, 3.05) is 6.61 Å². The summed E-state index contributed by atoms with van der Waals surface area (Å²) in [6, 6.07) is 6.14. The summed E-state index contributed by atoms with van der Waals surface area (Å²) in [6.07, 6.45) is 0.447. The van der Waals surface area contributed by atoms with Crippen molar-refractivity contribution in [3.63, 3.8) is 0 Å². The van der Waals surface area contributed by atoms with Crippen molar-refractivity contribution in [2.45, 2.75) is 102 Å². The molecule has 0 radical (unpaired) electrons. The molecule has 1 aromatic rings. The summed E-state index contributed by atoms with van der Waals surface area (Å²) in [5, 5.41) is 41.1. The van der Waals surface area contributed by atoms with Crippen LogP contribution in [-0.4, -0.2) is 57.2 Å². The van der Waals surface area contributed by atoms with Crippen molar-refractivity contribution >= 4 is 0 Å². The van der Waals surface area contributed by atoms with Gasteiger partial charge in [-0.25, -0.2) is 0 Å². The van der Waals surface area contributed by atoms with Crippen molar-refractivity contribution < 1.29 is 29.9 Å². The molecule has 1 saturated heterocycles. The van der Waals surface area contributed by atoms with E-state index >= 15 is 0 Å². The lowest BCUT2D eigenvalue weighted by molar-refractivity contribution is -0.352. The molecule has 7 atom stereocenters. The molecule has 0 unspecified atom stereocenters. The van der Waals surface area contributed by atoms with E-state index in [1.165, 1.54) is 30.4 Å². The SMILES string of the molecule is CC(C)[C@@]1(Oc2ccc3c(c2)CC[C@H]2C(C)(C)CCC[C@]32C)O[C@H](CO)[C@@H](O)[C@H](O)[C@H]1O. The maximum absolute atomic E-state index is 10.9. The molecule has 1 saturated carbocycles. The zero-order chi connectivity index (χ0) is 23.5. The zero-order valence-corrected chi connectivity index (χ0v) is 20.0. The minimum atomic E-state index is -1.58. The number of aryl methyl sites for hydroxylation is 1. The van der Waals surface area contributed by atoms with E-state index in [0.717, 1.165) is 12.8 Å². The Labute approximate surface area is 191 Å². The molecule has 0 spiro atoms. The molecular weight excluding hydrogens is 408 g/mol. The summed E-state index contributed by atoms with van der Waals surface area (Å²) in [7, 11) is 0. The number of hydrogen-bond acceptors (Lipinski definition) is 6. The van der Waals surface area contributed by atoms with Crippen LogP contribution in [0.15, 0.2) is 18.2 Å². The molecule has 6 heteroatoms. The van der Waals surface area contributed by atoms with Crippen molar-refractivity contribution in [3.05, 3.63) is 29.3 Å². The van der Waals surface area contributed by atoms with Crippen LogP contribution in [0.5, 0.6) is 5.75 Å². The standard InChI is InChI=1S/C26H40O6/c1-15(2)26(23(30)22(29)21(28)19(14-27)32-26)31-17-8-9-18-16(13-17)7-10-20-24(3,4)11-6-12-25(18,20)5/h8-9,13,15,19-23,27-30H,6-7,10-12,14H2,1-5H3/t19-,20+,21-,22+,23-,25-,26-/m1/s1. The molecule has 6 nitrogen and oxygen atoms in total. The largest absolute Gasteiger partial charge is 0.459 e. The first kappa shape index (κ1) is 24.0. The van der Waals surface area contributed by atoms with Crippen molar-refractivity contribution in [1.82, 2.24) is 0 Å². The number of hydrogen-bond donors (Lipinski definition) is 4. The Morgan fingerprint density at radius 2 is 1.81 bits per heavy atom. The Hall–Kier alpha value is -1.18. The normalized spacial score (nSPS) is 41.1. The Morgan fingerprint density at radius 3 is 2.47 bits per heavy atom. The van der Waals surface area contributed by atoms with Gasteiger partial charge in [-0.05, 0) is 65.7 Å². The predicted molar refractivity (Wildman–Crippen MR) is 121 cm³/mol. The average molecular weight is 449 g/mol. The van der Waals surface area contributed by atoms with Gasteiger partial charge in [-0.2, -0.15) is 0 Å². The molecule has 2 aliphatic carbocycles. The van der Waals surface area contributed by atoms with Gasteiger partial charge in [-0.1, -0.05) is 47.1 Å². The fourth-order valence-electron chi connectivity index (χ4n) is 6.88. The van der Waals surface area contributed by atoms with Gasteiger partial charge >= 0.3 is 0 Å². The summed E-state index contributed by atoms with van der Waals surface area (Å²) in [4.78, 5) is 0. The van der Waals surface area contributed by atoms with Gasteiger partial charge in [0.2, 0.25) is 5.79 Å². The summed E-state index contributed by atoms with van der Waals surface area (Å²) < 4.78 is 12.2. The van der Waals surface area contributed by atoms with Crippen LogP contribution >= 0.6 is 0 Å². The monoisotopic (exact) mass is 448 g/mol. The highest BCUT2D eigenvalue weighted by atomic mass is 16.7. The Bertz CT molecular complexity index is 836. The first-order valence-electron chi connectivity index (χ1n) is 12.1. The first-order chi connectivity index (χ1) is 15.0. The quantitative estimate of drug-likeness (QED) is 0.565. The lowest BCUT2D eigenvalue weighted by Crippen LogP contribution is -2.69. The summed E-state index contributed by atoms with van der Waals surface area (Å²) in [6.45, 7) is 10.4. The van der Waals surface area contributed by atoms with Crippen molar-refractivity contribution in [2.24, 2.45) is 17.3 Å². The van der Waals surface area contributed by atoms with E-state index in [1.807, 2.05) is 26.0 Å². The predicted octanol–water partition coefficient (Wildman–Crippen LogP) is 2.92. The lowest BCUT2D eigenvalue weighted by atomic mass is 9.50. The van der Waals surface area contributed by atoms with Gasteiger partial charge in [-0.15, -0.1) is 0 Å². The van der Waals surface area contributed by atoms with Crippen LogP contribution in [-0.2, 0) is 16.6 Å². The molecule has 2 fully saturated rings. The number of aliphatic hydroxyl groups is 4. The molecule has 180 valence electrons. The Kier molecular flexibility index (Phi) is 6.17. The highest BCUT2D eigenvalue weighted by Gasteiger charge is 2.57. The second kappa shape index (κ2) is 8.24. The molecule has 3 aliphatic rings. The number of fused-ring (bicyclic) bond motifs is 3. The second-order valence-corrected chi connectivity index (χ2v) is 11.4. The van der Waals surface area contributed by atoms with Crippen LogP contribution < -0.4 is 4.74 Å². The highest BCUT2D eigenvalue weighted by Crippen LogP contribution is 2.57. The first-order valence-corrected chi connectivity index (χ1v) is 12.1. The molecule has 0 aromatic heterocycles. The number of ether oxygens (including phenoxy) is 2. The third-order valence-electron chi connectivity index (χ3n) is 8.69. The van der Waals surface area contributed by atoms with Gasteiger partial charge in [0.25, 0.3) is 0 Å². The Balaban J connectivity index is 1.67. The number of aliphatic hydroxyl groups excluding tert-OH is 4. The van der Waals surface area contributed by atoms with E-state index in [-0.39, 0.29) is 11.3 Å². The summed E-state index contributed by atoms with van der Waals surface area (Å²) in [5.74, 6) is -0.705. The van der Waals surface area contributed by atoms with Crippen molar-refractivity contribution in [3.8, 4) is 5.75 Å². The zero-order valence-electron chi connectivity index (χ0n) is 20.0. The van der Waals surface area contributed by atoms with Crippen LogP contribution in [0.3, 0.4) is 0 Å². The van der Waals surface area contributed by atoms with E-state index in [2.05, 4.69) is 26.8 Å². The summed E-state index contributed by atoms with van der Waals surface area (Å²) >= 11 is 0. The Morgan fingerprint density at radius 1 is 1.09 bits per heavy atom. The molecule has 0 bridgehead atoms. The van der Waals surface area contributed by atoms with Gasteiger partial charge in [0, 0.05) is 5.92 Å². The third-order valence-corrected chi connectivity index (χ3v) is 8.69. The van der Waals surface area contributed by atoms with Gasteiger partial charge in [-0.3, -0.25) is 0 Å². The van der Waals surface area contributed by atoms with E-state index < -0.39 is 36.8 Å². The van der Waals surface area contributed by atoms with E-state index in [0.29, 0.717) is 17.1 Å². The molecule has 0 amide bonds. The molecule has 32 heavy (non-hydrogen) atoms. The van der Waals surface area contributed by atoms with Gasteiger partial charge < -0.3 is 29.9 Å². The minimum absolute atomic E-state index is 0.146. The fourth-order valence-corrected chi connectivity index (χ4v) is 6.88. The van der Waals surface area contributed by atoms with Gasteiger partial charge in [0.05, 0.1) is 6.61 Å². The maximum Gasteiger partial charge on any atom is 0.242 e. The molecule has 1 heterocycles. The smallest absolute Gasteiger partial charge is 0.242 e.